The van der Waals surface area contributed by atoms with E-state index in [1.54, 1.807) is 0 Å². The van der Waals surface area contributed by atoms with Gasteiger partial charge in [0.1, 0.15) is 5.78 Å². The molecule has 1 fully saturated rings. The molecular weight excluding hydrogens is 208 g/mol. The standard InChI is InChI=1S/C16H28O/c1-2-3-4-5-6-7-8-9-10-11-12-15-13-14-16(15)17/h11-12,15H,2-10,13-14H2,1H3/b12-11+. The summed E-state index contributed by atoms with van der Waals surface area (Å²) in [7, 11) is 0. The van der Waals surface area contributed by atoms with Crippen LogP contribution < -0.4 is 0 Å². The van der Waals surface area contributed by atoms with Crippen molar-refractivity contribution in [2.75, 3.05) is 0 Å². The fourth-order valence-electron chi connectivity index (χ4n) is 2.29. The Labute approximate surface area is 107 Å². The maximum Gasteiger partial charge on any atom is 0.139 e. The molecule has 1 heteroatoms. The summed E-state index contributed by atoms with van der Waals surface area (Å²) in [5.74, 6) is 0.723. The number of hydrogen-bond acceptors (Lipinski definition) is 1. The highest BCUT2D eigenvalue weighted by Crippen LogP contribution is 2.23. The van der Waals surface area contributed by atoms with Gasteiger partial charge >= 0.3 is 0 Å². The Hall–Kier alpha value is -0.590. The fourth-order valence-corrected chi connectivity index (χ4v) is 2.29. The predicted molar refractivity (Wildman–Crippen MR) is 74.1 cm³/mol. The first-order valence-corrected chi connectivity index (χ1v) is 7.54. The van der Waals surface area contributed by atoms with Gasteiger partial charge in [-0.05, 0) is 19.3 Å². The monoisotopic (exact) mass is 236 g/mol. The normalized spacial score (nSPS) is 19.8. The fraction of sp³-hybridized carbons (Fsp3) is 0.812. The first kappa shape index (κ1) is 14.5. The van der Waals surface area contributed by atoms with Crippen LogP contribution in [0, 0.1) is 5.92 Å². The molecule has 0 aliphatic heterocycles. The van der Waals surface area contributed by atoms with Crippen molar-refractivity contribution in [1.82, 2.24) is 0 Å². The molecule has 0 spiro atoms. The third-order valence-electron chi connectivity index (χ3n) is 3.71. The summed E-state index contributed by atoms with van der Waals surface area (Å²) in [6, 6.07) is 0. The molecule has 1 unspecified atom stereocenters. The van der Waals surface area contributed by atoms with Gasteiger partial charge < -0.3 is 0 Å². The van der Waals surface area contributed by atoms with E-state index in [2.05, 4.69) is 19.1 Å². The first-order chi connectivity index (χ1) is 8.34. The molecule has 1 nitrogen and oxygen atoms in total. The van der Waals surface area contributed by atoms with Crippen molar-refractivity contribution in [1.29, 1.82) is 0 Å². The number of ketones is 1. The minimum atomic E-state index is 0.282. The molecule has 1 aliphatic carbocycles. The van der Waals surface area contributed by atoms with Crippen molar-refractivity contribution >= 4 is 5.78 Å². The van der Waals surface area contributed by atoms with Crippen molar-refractivity contribution in [3.05, 3.63) is 12.2 Å². The lowest BCUT2D eigenvalue weighted by Crippen LogP contribution is -2.23. The van der Waals surface area contributed by atoms with E-state index in [0.717, 1.165) is 12.8 Å². The summed E-state index contributed by atoms with van der Waals surface area (Å²) in [4.78, 5) is 11.1. The molecule has 98 valence electrons. The Bertz CT molecular complexity index is 230. The number of Topliss-reactive ketones (excluding diaryl/α,β-unsaturated/α-hetero) is 1. The van der Waals surface area contributed by atoms with E-state index < -0.39 is 0 Å². The molecular formula is C16H28O. The Kier molecular flexibility index (Phi) is 8.04. The van der Waals surface area contributed by atoms with E-state index in [1.165, 1.54) is 57.8 Å². The zero-order valence-corrected chi connectivity index (χ0v) is 11.4. The number of carbonyl (C=O) groups is 1. The van der Waals surface area contributed by atoms with Crippen LogP contribution >= 0.6 is 0 Å². The molecule has 0 aromatic carbocycles. The quantitative estimate of drug-likeness (QED) is 0.383. The Balaban J connectivity index is 1.79. The van der Waals surface area contributed by atoms with Crippen molar-refractivity contribution in [2.24, 2.45) is 5.92 Å². The van der Waals surface area contributed by atoms with Crippen LogP contribution in [0.2, 0.25) is 0 Å². The second kappa shape index (κ2) is 9.44. The lowest BCUT2D eigenvalue weighted by atomic mass is 9.83. The third kappa shape index (κ3) is 6.65. The summed E-state index contributed by atoms with van der Waals surface area (Å²) < 4.78 is 0. The molecule has 0 saturated heterocycles. The summed E-state index contributed by atoms with van der Waals surface area (Å²) >= 11 is 0. The summed E-state index contributed by atoms with van der Waals surface area (Å²) in [6.45, 7) is 2.26. The van der Waals surface area contributed by atoms with Gasteiger partial charge in [0.2, 0.25) is 0 Å². The van der Waals surface area contributed by atoms with Crippen molar-refractivity contribution in [2.45, 2.75) is 77.6 Å². The summed E-state index contributed by atoms with van der Waals surface area (Å²) in [5, 5.41) is 0. The van der Waals surface area contributed by atoms with Gasteiger partial charge in [-0.15, -0.1) is 0 Å². The minimum Gasteiger partial charge on any atom is -0.299 e. The minimum absolute atomic E-state index is 0.282. The zero-order chi connectivity index (χ0) is 12.3. The van der Waals surface area contributed by atoms with Crippen LogP contribution in [0.1, 0.15) is 77.6 Å². The molecule has 0 radical (unpaired) electrons. The molecule has 1 atom stereocenters. The second-order valence-corrected chi connectivity index (χ2v) is 5.30. The molecule has 0 bridgehead atoms. The lowest BCUT2D eigenvalue weighted by molar-refractivity contribution is -0.127. The molecule has 17 heavy (non-hydrogen) atoms. The van der Waals surface area contributed by atoms with Gasteiger partial charge in [0, 0.05) is 12.3 Å². The van der Waals surface area contributed by atoms with Crippen LogP contribution in [0.15, 0.2) is 12.2 Å². The first-order valence-electron chi connectivity index (χ1n) is 7.54. The van der Waals surface area contributed by atoms with Crippen LogP contribution in [0.4, 0.5) is 0 Å². The van der Waals surface area contributed by atoms with Gasteiger partial charge in [-0.25, -0.2) is 0 Å². The molecule has 1 saturated carbocycles. The van der Waals surface area contributed by atoms with Gasteiger partial charge in [-0.1, -0.05) is 64.0 Å². The Morgan fingerprint density at radius 1 is 1.06 bits per heavy atom. The topological polar surface area (TPSA) is 17.1 Å². The Morgan fingerprint density at radius 2 is 1.71 bits per heavy atom. The van der Waals surface area contributed by atoms with Gasteiger partial charge in [0.25, 0.3) is 0 Å². The highest BCUT2D eigenvalue weighted by Gasteiger charge is 2.24. The van der Waals surface area contributed by atoms with Gasteiger partial charge in [0.15, 0.2) is 0 Å². The van der Waals surface area contributed by atoms with Gasteiger partial charge in [0.05, 0.1) is 0 Å². The van der Waals surface area contributed by atoms with E-state index in [9.17, 15) is 4.79 Å². The van der Waals surface area contributed by atoms with E-state index in [0.29, 0.717) is 5.78 Å². The maximum atomic E-state index is 11.1. The molecule has 1 rings (SSSR count). The number of rotatable bonds is 10. The van der Waals surface area contributed by atoms with Crippen molar-refractivity contribution in [3.8, 4) is 0 Å². The number of allylic oxidation sites excluding steroid dienone is 2. The van der Waals surface area contributed by atoms with Gasteiger partial charge in [-0.3, -0.25) is 4.79 Å². The third-order valence-corrected chi connectivity index (χ3v) is 3.71. The smallest absolute Gasteiger partial charge is 0.139 e. The number of unbranched alkanes of at least 4 members (excludes halogenated alkanes) is 8. The van der Waals surface area contributed by atoms with Crippen LogP contribution in [0.5, 0.6) is 0 Å². The number of carbonyl (C=O) groups excluding carboxylic acids is 1. The van der Waals surface area contributed by atoms with Crippen LogP contribution in [-0.2, 0) is 4.79 Å². The molecule has 1 aliphatic rings. The van der Waals surface area contributed by atoms with Crippen molar-refractivity contribution < 1.29 is 4.79 Å². The number of hydrogen-bond donors (Lipinski definition) is 0. The Morgan fingerprint density at radius 3 is 2.24 bits per heavy atom. The second-order valence-electron chi connectivity index (χ2n) is 5.30. The average Bonchev–Trinajstić information content (AvgIpc) is 2.34. The SMILES string of the molecule is CCCCCCCCCC/C=C/C1CCC1=O. The summed E-state index contributed by atoms with van der Waals surface area (Å²) in [5.41, 5.74) is 0. The van der Waals surface area contributed by atoms with E-state index >= 15 is 0 Å². The highest BCUT2D eigenvalue weighted by atomic mass is 16.1. The average molecular weight is 236 g/mol. The van der Waals surface area contributed by atoms with E-state index in [1.807, 2.05) is 0 Å². The maximum absolute atomic E-state index is 11.1. The highest BCUT2D eigenvalue weighted by molar-refractivity contribution is 5.87. The molecule has 0 aromatic rings. The zero-order valence-electron chi connectivity index (χ0n) is 11.4. The van der Waals surface area contributed by atoms with Crippen LogP contribution in [-0.4, -0.2) is 5.78 Å². The largest absolute Gasteiger partial charge is 0.299 e. The van der Waals surface area contributed by atoms with Crippen LogP contribution in [0.3, 0.4) is 0 Å². The van der Waals surface area contributed by atoms with Gasteiger partial charge in [-0.2, -0.15) is 0 Å². The lowest BCUT2D eigenvalue weighted by Gasteiger charge is -2.19. The predicted octanol–water partition coefficient (Wildman–Crippen LogP) is 5.05. The summed E-state index contributed by atoms with van der Waals surface area (Å²) in [6.07, 6.45) is 18.4. The molecule has 0 aromatic heterocycles. The van der Waals surface area contributed by atoms with Crippen molar-refractivity contribution in [3.63, 3.8) is 0 Å². The molecule has 0 N–H and O–H groups in total. The van der Waals surface area contributed by atoms with E-state index in [-0.39, 0.29) is 5.92 Å². The van der Waals surface area contributed by atoms with Crippen LogP contribution in [0.25, 0.3) is 0 Å². The molecule has 0 amide bonds. The van der Waals surface area contributed by atoms with E-state index in [4.69, 9.17) is 0 Å². The molecule has 0 heterocycles.